The monoisotopic (exact) mass is 413 g/mol. The van der Waals surface area contributed by atoms with Gasteiger partial charge in [-0.15, -0.1) is 0 Å². The number of benzene rings is 1. The average molecular weight is 413 g/mol. The van der Waals surface area contributed by atoms with E-state index in [-0.39, 0.29) is 11.9 Å². The fourth-order valence-electron chi connectivity index (χ4n) is 3.40. The van der Waals surface area contributed by atoms with Gasteiger partial charge < -0.3 is 15.0 Å². The van der Waals surface area contributed by atoms with Crippen molar-refractivity contribution in [2.75, 3.05) is 33.3 Å². The molecule has 0 amide bonds. The Morgan fingerprint density at radius 2 is 1.86 bits per heavy atom. The highest BCUT2D eigenvalue weighted by Crippen LogP contribution is 2.33. The number of methoxy groups -OCH3 is 1. The van der Waals surface area contributed by atoms with E-state index in [9.17, 15) is 18.0 Å². The van der Waals surface area contributed by atoms with E-state index in [1.165, 1.54) is 19.2 Å². The Labute approximate surface area is 170 Å². The van der Waals surface area contributed by atoms with Crippen LogP contribution in [0.1, 0.15) is 44.7 Å². The van der Waals surface area contributed by atoms with Crippen LogP contribution in [0.2, 0.25) is 0 Å². The maximum atomic E-state index is 13.1. The fraction of sp³-hybridized carbons (Fsp3) is 0.619. The molecule has 5 nitrogen and oxygen atoms in total. The van der Waals surface area contributed by atoms with Crippen molar-refractivity contribution in [3.8, 4) is 0 Å². The molecule has 1 saturated heterocycles. The molecule has 0 radical (unpaired) electrons. The zero-order valence-corrected chi connectivity index (χ0v) is 17.5. The highest BCUT2D eigenvalue weighted by atomic mass is 19.4. The van der Waals surface area contributed by atoms with Gasteiger partial charge in [-0.25, -0.2) is 0 Å². The highest BCUT2D eigenvalue weighted by molar-refractivity contribution is 5.80. The zero-order chi connectivity index (χ0) is 21.7. The molecule has 1 aromatic carbocycles. The molecule has 162 valence electrons. The molecule has 0 bridgehead atoms. The van der Waals surface area contributed by atoms with Crippen molar-refractivity contribution in [2.24, 2.45) is 10.9 Å². The quantitative estimate of drug-likeness (QED) is 0.453. The lowest BCUT2D eigenvalue weighted by Gasteiger charge is -2.34. The van der Waals surface area contributed by atoms with E-state index in [1.54, 1.807) is 6.07 Å². The van der Waals surface area contributed by atoms with Crippen LogP contribution in [0.5, 0.6) is 0 Å². The van der Waals surface area contributed by atoms with Gasteiger partial charge in [0.2, 0.25) is 0 Å². The van der Waals surface area contributed by atoms with Gasteiger partial charge in [0.05, 0.1) is 25.1 Å². The number of aliphatic imine (C=N–C) groups is 1. The van der Waals surface area contributed by atoms with Crippen molar-refractivity contribution in [3.05, 3.63) is 35.4 Å². The van der Waals surface area contributed by atoms with Gasteiger partial charge in [-0.3, -0.25) is 9.79 Å². The average Bonchev–Trinajstić information content (AvgIpc) is 2.70. The molecule has 0 atom stereocenters. The van der Waals surface area contributed by atoms with Gasteiger partial charge in [-0.1, -0.05) is 32.0 Å². The first-order valence-corrected chi connectivity index (χ1v) is 9.87. The van der Waals surface area contributed by atoms with Gasteiger partial charge >= 0.3 is 12.1 Å². The third kappa shape index (κ3) is 6.11. The predicted octanol–water partition coefficient (Wildman–Crippen LogP) is 3.83. The molecule has 1 heterocycles. The van der Waals surface area contributed by atoms with Gasteiger partial charge in [0.1, 0.15) is 0 Å². The minimum atomic E-state index is -4.37. The van der Waals surface area contributed by atoms with Gasteiger partial charge in [0.25, 0.3) is 0 Å². The Balaban J connectivity index is 2.12. The number of guanidine groups is 1. The van der Waals surface area contributed by atoms with Crippen molar-refractivity contribution in [3.63, 3.8) is 0 Å². The van der Waals surface area contributed by atoms with Crippen LogP contribution in [0.25, 0.3) is 0 Å². The molecular formula is C21H30F3N3O2. The number of hydrogen-bond donors (Lipinski definition) is 1. The molecule has 8 heteroatoms. The summed E-state index contributed by atoms with van der Waals surface area (Å²) >= 11 is 0. The number of nitrogens with zero attached hydrogens (tertiary/aromatic N) is 2. The third-order valence-corrected chi connectivity index (χ3v) is 5.26. The smallest absolute Gasteiger partial charge is 0.416 e. The summed E-state index contributed by atoms with van der Waals surface area (Å²) in [6.45, 7) is 8.12. The number of ether oxygens (including phenoxy) is 1. The zero-order valence-electron chi connectivity index (χ0n) is 17.5. The first kappa shape index (κ1) is 23.0. The lowest BCUT2D eigenvalue weighted by molar-refractivity contribution is -0.146. The van der Waals surface area contributed by atoms with Crippen LogP contribution in [0, 0.1) is 5.92 Å². The molecule has 1 aliphatic heterocycles. The van der Waals surface area contributed by atoms with Crippen LogP contribution in [-0.2, 0) is 21.1 Å². The fourth-order valence-corrected chi connectivity index (χ4v) is 3.40. The molecule has 1 aliphatic rings. The van der Waals surface area contributed by atoms with E-state index in [4.69, 9.17) is 9.73 Å². The summed E-state index contributed by atoms with van der Waals surface area (Å²) in [6.07, 6.45) is -2.99. The third-order valence-electron chi connectivity index (χ3n) is 5.26. The minimum Gasteiger partial charge on any atom is -0.469 e. The summed E-state index contributed by atoms with van der Waals surface area (Å²) in [7, 11) is 1.40. The maximum Gasteiger partial charge on any atom is 0.416 e. The SMILES string of the molecule is CCNC(=NCC(C)(C)c1cccc(C(F)(F)F)c1)N1CCC(C(=O)OC)CC1. The van der Waals surface area contributed by atoms with E-state index in [1.807, 2.05) is 20.8 Å². The number of carbonyl (C=O) groups excluding carboxylic acids is 1. The summed E-state index contributed by atoms with van der Waals surface area (Å²) in [6, 6.07) is 5.43. The Morgan fingerprint density at radius 3 is 2.41 bits per heavy atom. The van der Waals surface area contributed by atoms with E-state index in [2.05, 4.69) is 10.2 Å². The second-order valence-corrected chi connectivity index (χ2v) is 7.92. The van der Waals surface area contributed by atoms with E-state index < -0.39 is 17.2 Å². The van der Waals surface area contributed by atoms with E-state index in [0.29, 0.717) is 44.6 Å². The lowest BCUT2D eigenvalue weighted by Crippen LogP contribution is -2.47. The summed E-state index contributed by atoms with van der Waals surface area (Å²) in [5.41, 5.74) is -0.619. The molecule has 0 unspecified atom stereocenters. The summed E-state index contributed by atoms with van der Waals surface area (Å²) < 4.78 is 44.0. The molecule has 2 rings (SSSR count). The topological polar surface area (TPSA) is 53.9 Å². The van der Waals surface area contributed by atoms with Crippen LogP contribution < -0.4 is 5.32 Å². The Morgan fingerprint density at radius 1 is 1.24 bits per heavy atom. The predicted molar refractivity (Wildman–Crippen MR) is 107 cm³/mol. The lowest BCUT2D eigenvalue weighted by atomic mass is 9.84. The van der Waals surface area contributed by atoms with Crippen LogP contribution >= 0.6 is 0 Å². The van der Waals surface area contributed by atoms with Gasteiger partial charge in [0.15, 0.2) is 5.96 Å². The molecule has 0 spiro atoms. The number of rotatable bonds is 5. The number of esters is 1. The number of carbonyl (C=O) groups is 1. The second-order valence-electron chi connectivity index (χ2n) is 7.92. The summed E-state index contributed by atoms with van der Waals surface area (Å²) in [4.78, 5) is 18.5. The molecule has 1 N–H and O–H groups in total. The van der Waals surface area contributed by atoms with Crippen molar-refractivity contribution >= 4 is 11.9 Å². The molecule has 0 aromatic heterocycles. The molecule has 1 fully saturated rings. The highest BCUT2D eigenvalue weighted by Gasteiger charge is 2.32. The van der Waals surface area contributed by atoms with Crippen molar-refractivity contribution in [1.82, 2.24) is 10.2 Å². The van der Waals surface area contributed by atoms with Crippen molar-refractivity contribution < 1.29 is 22.7 Å². The van der Waals surface area contributed by atoms with Gasteiger partial charge in [0, 0.05) is 25.0 Å². The second kappa shape index (κ2) is 9.50. The number of nitrogens with one attached hydrogen (secondary N) is 1. The van der Waals surface area contributed by atoms with Crippen molar-refractivity contribution in [2.45, 2.75) is 45.2 Å². The maximum absolute atomic E-state index is 13.1. The Kier molecular flexibility index (Phi) is 7.54. The van der Waals surface area contributed by atoms with Crippen LogP contribution in [-0.4, -0.2) is 50.1 Å². The first-order valence-electron chi connectivity index (χ1n) is 9.87. The van der Waals surface area contributed by atoms with Crippen LogP contribution in [0.4, 0.5) is 13.2 Å². The first-order chi connectivity index (χ1) is 13.6. The molecule has 1 aromatic rings. The number of piperidine rings is 1. The number of hydrogen-bond acceptors (Lipinski definition) is 3. The molecular weight excluding hydrogens is 383 g/mol. The molecule has 29 heavy (non-hydrogen) atoms. The van der Waals surface area contributed by atoms with Gasteiger partial charge in [-0.2, -0.15) is 13.2 Å². The van der Waals surface area contributed by atoms with E-state index in [0.717, 1.165) is 12.0 Å². The normalized spacial score (nSPS) is 16.7. The Bertz CT molecular complexity index is 724. The van der Waals surface area contributed by atoms with Crippen LogP contribution in [0.15, 0.2) is 29.3 Å². The summed E-state index contributed by atoms with van der Waals surface area (Å²) in [5, 5.41) is 3.25. The number of halogens is 3. The van der Waals surface area contributed by atoms with Crippen LogP contribution in [0.3, 0.4) is 0 Å². The summed E-state index contributed by atoms with van der Waals surface area (Å²) in [5.74, 6) is 0.439. The van der Waals surface area contributed by atoms with E-state index >= 15 is 0 Å². The number of likely N-dealkylation sites (tertiary alicyclic amines) is 1. The van der Waals surface area contributed by atoms with Gasteiger partial charge in [-0.05, 0) is 31.4 Å². The van der Waals surface area contributed by atoms with Crippen molar-refractivity contribution in [1.29, 1.82) is 0 Å². The number of alkyl halides is 3. The molecule has 0 saturated carbocycles. The largest absolute Gasteiger partial charge is 0.469 e. The minimum absolute atomic E-state index is 0.0966. The molecule has 0 aliphatic carbocycles. The standard InChI is InChI=1S/C21H30F3N3O2/c1-5-25-19(27-11-9-15(10-12-27)18(28)29-4)26-14-20(2,3)16-7-6-8-17(13-16)21(22,23)24/h6-8,13,15H,5,9-12,14H2,1-4H3,(H,25,26). The Hall–Kier alpha value is -2.25.